The molecule has 10 heteroatoms. The lowest BCUT2D eigenvalue weighted by molar-refractivity contribution is -0.607. The number of carbonyl (C=O) groups is 1. The van der Waals surface area contributed by atoms with E-state index in [9.17, 15) is 14.4 Å². The maximum Gasteiger partial charge on any atom is 0.317 e. The summed E-state index contributed by atoms with van der Waals surface area (Å²) in [6, 6.07) is 14.5. The van der Waals surface area contributed by atoms with Crippen molar-refractivity contribution in [3.63, 3.8) is 0 Å². The molecule has 3 aromatic heterocycles. The van der Waals surface area contributed by atoms with Crippen molar-refractivity contribution in [3.05, 3.63) is 89.5 Å². The lowest BCUT2D eigenvalue weighted by atomic mass is 9.79. The van der Waals surface area contributed by atoms with E-state index in [4.69, 9.17) is 4.74 Å². The van der Waals surface area contributed by atoms with Gasteiger partial charge in [-0.25, -0.2) is 9.37 Å². The minimum Gasteiger partial charge on any atom is -0.618 e. The quantitative estimate of drug-likeness (QED) is 0.326. The van der Waals surface area contributed by atoms with Crippen molar-refractivity contribution < 1.29 is 18.7 Å². The molecule has 0 spiro atoms. The van der Waals surface area contributed by atoms with E-state index >= 15 is 0 Å². The maximum atomic E-state index is 14.8. The number of rotatable bonds is 7. The van der Waals surface area contributed by atoms with Crippen LogP contribution in [0, 0.1) is 11.0 Å². The molecule has 4 aromatic rings. The molecule has 1 N–H and O–H groups in total. The highest BCUT2D eigenvalue weighted by molar-refractivity contribution is 5.91. The minimum absolute atomic E-state index is 0.0364. The average molecular weight is 474 g/mol. The number of halogens is 1. The van der Waals surface area contributed by atoms with Crippen LogP contribution in [-0.4, -0.2) is 38.3 Å². The van der Waals surface area contributed by atoms with Crippen LogP contribution in [-0.2, 0) is 0 Å². The summed E-state index contributed by atoms with van der Waals surface area (Å²) in [7, 11) is 0. The number of carbonyl (C=O) groups excluding carboxylic acids is 1. The molecular formula is C25H23FN6O3. The second-order valence-corrected chi connectivity index (χ2v) is 8.23. The van der Waals surface area contributed by atoms with Gasteiger partial charge in [0.2, 0.25) is 0 Å². The van der Waals surface area contributed by atoms with Crippen LogP contribution in [0.3, 0.4) is 0 Å². The Morgan fingerprint density at radius 2 is 1.97 bits per heavy atom. The van der Waals surface area contributed by atoms with E-state index < -0.39 is 11.7 Å². The van der Waals surface area contributed by atoms with E-state index in [0.717, 1.165) is 0 Å². The molecular weight excluding hydrogens is 451 g/mol. The standard InChI is InChI=1S/C25H23FN6O3/c1-2-35-18-10-11-20(27-15-18)24-30-29-23(32(24)21-8-4-3-7-19(21)26)16-13-17(14-16)28-25(33)22-9-5-6-12-31(22)34/h3-12,15-17H,2,13-14H2,1H3,(H,28,33)/t16-,17-. The molecule has 1 aromatic carbocycles. The predicted molar refractivity (Wildman–Crippen MR) is 124 cm³/mol. The SMILES string of the molecule is CCOc1ccc(-c2nnc([C@H]3C[C@H](NC(=O)c4cccc[n+]4[O-])C3)n2-c2ccccc2F)nc1. The molecule has 178 valence electrons. The summed E-state index contributed by atoms with van der Waals surface area (Å²) in [6.07, 6.45) is 4.05. The van der Waals surface area contributed by atoms with E-state index in [1.54, 1.807) is 53.2 Å². The number of ether oxygens (including phenoxy) is 1. The van der Waals surface area contributed by atoms with Crippen molar-refractivity contribution in [1.29, 1.82) is 0 Å². The number of nitrogens with zero attached hydrogens (tertiary/aromatic N) is 5. The van der Waals surface area contributed by atoms with Crippen LogP contribution >= 0.6 is 0 Å². The Labute approximate surface area is 200 Å². The lowest BCUT2D eigenvalue weighted by Gasteiger charge is -2.35. The molecule has 35 heavy (non-hydrogen) atoms. The fourth-order valence-corrected chi connectivity index (χ4v) is 4.17. The van der Waals surface area contributed by atoms with Gasteiger partial charge >= 0.3 is 5.91 Å². The van der Waals surface area contributed by atoms with E-state index in [-0.39, 0.29) is 17.7 Å². The molecule has 0 radical (unpaired) electrons. The first-order valence-corrected chi connectivity index (χ1v) is 11.3. The number of amides is 1. The van der Waals surface area contributed by atoms with Crippen molar-refractivity contribution in [2.45, 2.75) is 31.7 Å². The zero-order valence-electron chi connectivity index (χ0n) is 19.0. The van der Waals surface area contributed by atoms with Crippen LogP contribution in [0.1, 0.15) is 42.0 Å². The van der Waals surface area contributed by atoms with Crippen LogP contribution in [0.2, 0.25) is 0 Å². The van der Waals surface area contributed by atoms with Gasteiger partial charge in [0, 0.05) is 24.1 Å². The number of aromatic nitrogens is 5. The fraction of sp³-hybridized carbons (Fsp3) is 0.240. The topological polar surface area (TPSA) is 109 Å². The van der Waals surface area contributed by atoms with Crippen LogP contribution in [0.15, 0.2) is 67.0 Å². The first-order valence-electron chi connectivity index (χ1n) is 11.3. The maximum absolute atomic E-state index is 14.8. The van der Waals surface area contributed by atoms with Gasteiger partial charge in [-0.15, -0.1) is 10.2 Å². The zero-order chi connectivity index (χ0) is 24.4. The lowest BCUT2D eigenvalue weighted by Crippen LogP contribution is -2.47. The monoisotopic (exact) mass is 474 g/mol. The molecule has 0 saturated heterocycles. The number of nitrogens with one attached hydrogen (secondary N) is 1. The first-order chi connectivity index (χ1) is 17.0. The number of benzene rings is 1. The highest BCUT2D eigenvalue weighted by Crippen LogP contribution is 2.39. The van der Waals surface area contributed by atoms with Crippen LogP contribution < -0.4 is 14.8 Å². The highest BCUT2D eigenvalue weighted by atomic mass is 19.1. The van der Waals surface area contributed by atoms with Crippen LogP contribution in [0.25, 0.3) is 17.2 Å². The highest BCUT2D eigenvalue weighted by Gasteiger charge is 2.37. The van der Waals surface area contributed by atoms with Crippen LogP contribution in [0.5, 0.6) is 5.75 Å². The van der Waals surface area contributed by atoms with E-state index in [1.165, 1.54) is 18.3 Å². The minimum atomic E-state index is -0.432. The van der Waals surface area contributed by atoms with Crippen molar-refractivity contribution in [2.24, 2.45) is 0 Å². The molecule has 1 amide bonds. The third-order valence-electron chi connectivity index (χ3n) is 5.95. The molecule has 1 aliphatic rings. The van der Waals surface area contributed by atoms with Crippen molar-refractivity contribution in [3.8, 4) is 23.0 Å². The average Bonchev–Trinajstić information content (AvgIpc) is 3.26. The van der Waals surface area contributed by atoms with Crippen molar-refractivity contribution in [2.75, 3.05) is 6.61 Å². The predicted octanol–water partition coefficient (Wildman–Crippen LogP) is 3.18. The van der Waals surface area contributed by atoms with Gasteiger partial charge in [-0.3, -0.25) is 9.36 Å². The Bertz CT molecular complexity index is 1350. The summed E-state index contributed by atoms with van der Waals surface area (Å²) in [5.74, 6) is 0.734. The summed E-state index contributed by atoms with van der Waals surface area (Å²) < 4.78 is 22.5. The third-order valence-corrected chi connectivity index (χ3v) is 5.95. The molecule has 5 rings (SSSR count). The zero-order valence-corrected chi connectivity index (χ0v) is 19.0. The normalized spacial score (nSPS) is 17.0. The fourth-order valence-electron chi connectivity index (χ4n) is 4.17. The number of para-hydroxylation sites is 1. The Morgan fingerprint density at radius 3 is 2.69 bits per heavy atom. The summed E-state index contributed by atoms with van der Waals surface area (Å²) in [4.78, 5) is 16.9. The molecule has 3 heterocycles. The summed E-state index contributed by atoms with van der Waals surface area (Å²) in [5, 5.41) is 23.5. The third kappa shape index (κ3) is 4.42. The number of pyridine rings is 2. The van der Waals surface area contributed by atoms with E-state index in [0.29, 0.717) is 53.0 Å². The Kier molecular flexibility index (Phi) is 6.09. The molecule has 0 unspecified atom stereocenters. The van der Waals surface area contributed by atoms with Gasteiger partial charge in [-0.1, -0.05) is 12.1 Å². The van der Waals surface area contributed by atoms with Gasteiger partial charge in [0.05, 0.1) is 18.5 Å². The molecule has 0 aliphatic heterocycles. The van der Waals surface area contributed by atoms with Gasteiger partial charge in [0.15, 0.2) is 12.0 Å². The van der Waals surface area contributed by atoms with E-state index in [1.807, 2.05) is 6.92 Å². The summed E-state index contributed by atoms with van der Waals surface area (Å²) in [6.45, 7) is 2.41. The van der Waals surface area contributed by atoms with Crippen molar-refractivity contribution in [1.82, 2.24) is 25.1 Å². The molecule has 1 saturated carbocycles. The molecule has 1 fully saturated rings. The largest absolute Gasteiger partial charge is 0.618 e. The van der Waals surface area contributed by atoms with Crippen molar-refractivity contribution >= 4 is 5.91 Å². The van der Waals surface area contributed by atoms with Gasteiger partial charge in [-0.2, -0.15) is 4.73 Å². The molecule has 0 bridgehead atoms. The van der Waals surface area contributed by atoms with Crippen LogP contribution in [0.4, 0.5) is 4.39 Å². The smallest absolute Gasteiger partial charge is 0.317 e. The van der Waals surface area contributed by atoms with Gasteiger partial charge < -0.3 is 15.3 Å². The summed E-state index contributed by atoms with van der Waals surface area (Å²) in [5.41, 5.74) is 0.889. The van der Waals surface area contributed by atoms with E-state index in [2.05, 4.69) is 20.5 Å². The van der Waals surface area contributed by atoms with Gasteiger partial charge in [-0.05, 0) is 50.1 Å². The second-order valence-electron chi connectivity index (χ2n) is 8.23. The Morgan fingerprint density at radius 1 is 1.17 bits per heavy atom. The Balaban J connectivity index is 1.40. The number of hydrogen-bond acceptors (Lipinski definition) is 6. The van der Waals surface area contributed by atoms with Gasteiger partial charge in [0.25, 0.3) is 5.69 Å². The first kappa shape index (κ1) is 22.5. The van der Waals surface area contributed by atoms with Gasteiger partial charge in [0.1, 0.15) is 23.1 Å². The second kappa shape index (κ2) is 9.49. The Hall–Kier alpha value is -4.34. The number of hydrogen-bond donors (Lipinski definition) is 1. The molecule has 1 aliphatic carbocycles. The molecule has 0 atom stereocenters. The summed E-state index contributed by atoms with van der Waals surface area (Å²) >= 11 is 0. The molecule has 9 nitrogen and oxygen atoms in total.